The first-order chi connectivity index (χ1) is 8.90. The largest absolute Gasteiger partial charge is 0.444 e. The Kier molecular flexibility index (Phi) is 6.58. The zero-order valence-electron chi connectivity index (χ0n) is 12.4. The van der Waals surface area contributed by atoms with E-state index in [2.05, 4.69) is 10.2 Å². The summed E-state index contributed by atoms with van der Waals surface area (Å²) in [6, 6.07) is 0.226. The number of ether oxygens (including phenoxy) is 1. The quantitative estimate of drug-likeness (QED) is 0.749. The van der Waals surface area contributed by atoms with Crippen LogP contribution in [-0.4, -0.2) is 54.0 Å². The van der Waals surface area contributed by atoms with Crippen LogP contribution in [0.1, 0.15) is 46.5 Å². The molecule has 1 rings (SSSR count). The highest BCUT2D eigenvalue weighted by Crippen LogP contribution is 2.13. The number of nitrogens with one attached hydrogen (secondary N) is 1. The number of aliphatic hydroxyl groups is 1. The Bertz CT molecular complexity index is 268. The third-order valence-electron chi connectivity index (χ3n) is 3.19. The number of nitrogens with zero attached hydrogens (tertiary/aromatic N) is 1. The summed E-state index contributed by atoms with van der Waals surface area (Å²) >= 11 is 0. The molecule has 0 saturated carbocycles. The number of aliphatic hydroxyl groups excluding tert-OH is 1. The molecule has 0 unspecified atom stereocenters. The SMILES string of the molecule is CC(C)(C)OC(=O)NC1CCN(CCCCO)CC1. The first kappa shape index (κ1) is 16.2. The number of likely N-dealkylation sites (tertiary alicyclic amines) is 1. The van der Waals surface area contributed by atoms with E-state index in [1.54, 1.807) is 0 Å². The van der Waals surface area contributed by atoms with Gasteiger partial charge in [-0.2, -0.15) is 0 Å². The lowest BCUT2D eigenvalue weighted by Crippen LogP contribution is -2.46. The lowest BCUT2D eigenvalue weighted by molar-refractivity contribution is 0.0478. The Morgan fingerprint density at radius 1 is 1.32 bits per heavy atom. The number of rotatable bonds is 5. The highest BCUT2D eigenvalue weighted by atomic mass is 16.6. The molecule has 1 heterocycles. The topological polar surface area (TPSA) is 61.8 Å². The fraction of sp³-hybridized carbons (Fsp3) is 0.929. The summed E-state index contributed by atoms with van der Waals surface area (Å²) in [5.41, 5.74) is -0.435. The molecule has 1 aliphatic rings. The van der Waals surface area contributed by atoms with Crippen LogP contribution in [0.2, 0.25) is 0 Å². The number of carbonyl (C=O) groups excluding carboxylic acids is 1. The molecule has 0 aromatic rings. The number of piperidine rings is 1. The molecule has 0 aliphatic carbocycles. The molecule has 112 valence electrons. The van der Waals surface area contributed by atoms with E-state index >= 15 is 0 Å². The van der Waals surface area contributed by atoms with Crippen molar-refractivity contribution in [1.82, 2.24) is 10.2 Å². The zero-order valence-corrected chi connectivity index (χ0v) is 12.4. The minimum absolute atomic E-state index is 0.226. The van der Waals surface area contributed by atoms with Crippen molar-refractivity contribution in [3.63, 3.8) is 0 Å². The van der Waals surface area contributed by atoms with Gasteiger partial charge in [-0.3, -0.25) is 0 Å². The van der Waals surface area contributed by atoms with Crippen molar-refractivity contribution in [3.05, 3.63) is 0 Å². The van der Waals surface area contributed by atoms with Gasteiger partial charge in [-0.05, 0) is 53.0 Å². The number of amides is 1. The van der Waals surface area contributed by atoms with Crippen molar-refractivity contribution in [2.24, 2.45) is 0 Å². The molecule has 1 aliphatic heterocycles. The van der Waals surface area contributed by atoms with Crippen LogP contribution in [0.4, 0.5) is 4.79 Å². The Hall–Kier alpha value is -0.810. The van der Waals surface area contributed by atoms with Gasteiger partial charge in [0.25, 0.3) is 0 Å². The Labute approximate surface area is 116 Å². The van der Waals surface area contributed by atoms with Crippen molar-refractivity contribution >= 4 is 6.09 Å². The third kappa shape index (κ3) is 7.38. The van der Waals surface area contributed by atoms with Crippen LogP contribution in [0.3, 0.4) is 0 Å². The first-order valence-electron chi connectivity index (χ1n) is 7.23. The van der Waals surface area contributed by atoms with E-state index in [4.69, 9.17) is 9.84 Å². The van der Waals surface area contributed by atoms with Gasteiger partial charge in [0.15, 0.2) is 0 Å². The molecule has 5 nitrogen and oxygen atoms in total. The maximum Gasteiger partial charge on any atom is 0.407 e. The molecule has 2 N–H and O–H groups in total. The second-order valence-corrected chi connectivity index (χ2v) is 6.19. The molecule has 0 bridgehead atoms. The summed E-state index contributed by atoms with van der Waals surface area (Å²) < 4.78 is 5.26. The van der Waals surface area contributed by atoms with Gasteiger partial charge in [-0.25, -0.2) is 4.79 Å². The maximum atomic E-state index is 11.6. The molecular formula is C14H28N2O3. The smallest absolute Gasteiger partial charge is 0.407 e. The van der Waals surface area contributed by atoms with Crippen LogP contribution in [0.15, 0.2) is 0 Å². The van der Waals surface area contributed by atoms with Crippen LogP contribution in [-0.2, 0) is 4.74 Å². The highest BCUT2D eigenvalue weighted by molar-refractivity contribution is 5.68. The summed E-state index contributed by atoms with van der Waals surface area (Å²) in [5.74, 6) is 0. The summed E-state index contributed by atoms with van der Waals surface area (Å²) in [7, 11) is 0. The zero-order chi connectivity index (χ0) is 14.3. The fourth-order valence-corrected chi connectivity index (χ4v) is 2.22. The number of alkyl carbamates (subject to hydrolysis) is 1. The van der Waals surface area contributed by atoms with E-state index in [9.17, 15) is 4.79 Å². The predicted molar refractivity (Wildman–Crippen MR) is 75.2 cm³/mol. The van der Waals surface area contributed by atoms with Crippen LogP contribution in [0.5, 0.6) is 0 Å². The van der Waals surface area contributed by atoms with Crippen molar-refractivity contribution < 1.29 is 14.6 Å². The molecule has 5 heteroatoms. The van der Waals surface area contributed by atoms with E-state index in [0.717, 1.165) is 45.3 Å². The Balaban J connectivity index is 2.17. The Morgan fingerprint density at radius 2 is 1.95 bits per heavy atom. The summed E-state index contributed by atoms with van der Waals surface area (Å²) in [5, 5.41) is 11.7. The maximum absolute atomic E-state index is 11.6. The predicted octanol–water partition coefficient (Wildman–Crippen LogP) is 1.75. The number of carbonyl (C=O) groups is 1. The fourth-order valence-electron chi connectivity index (χ4n) is 2.22. The van der Waals surface area contributed by atoms with E-state index in [1.807, 2.05) is 20.8 Å². The molecule has 1 fully saturated rings. The molecule has 1 amide bonds. The molecule has 1 saturated heterocycles. The van der Waals surface area contributed by atoms with Crippen LogP contribution >= 0.6 is 0 Å². The van der Waals surface area contributed by atoms with Gasteiger partial charge in [0, 0.05) is 25.7 Å². The lowest BCUT2D eigenvalue weighted by atomic mass is 10.0. The van der Waals surface area contributed by atoms with Crippen molar-refractivity contribution in [3.8, 4) is 0 Å². The second kappa shape index (κ2) is 7.70. The summed E-state index contributed by atoms with van der Waals surface area (Å²) in [6.07, 6.45) is 3.54. The van der Waals surface area contributed by atoms with Gasteiger partial charge in [0.05, 0.1) is 0 Å². The molecule has 0 radical (unpaired) electrons. The standard InChI is InChI=1S/C14H28N2O3/c1-14(2,3)19-13(18)15-12-6-9-16(10-7-12)8-4-5-11-17/h12,17H,4-11H2,1-3H3,(H,15,18). The van der Waals surface area contributed by atoms with E-state index in [1.165, 1.54) is 0 Å². The summed E-state index contributed by atoms with van der Waals surface area (Å²) in [6.45, 7) is 8.94. The third-order valence-corrected chi connectivity index (χ3v) is 3.19. The van der Waals surface area contributed by atoms with Gasteiger partial charge >= 0.3 is 6.09 Å². The van der Waals surface area contributed by atoms with E-state index in [0.29, 0.717) is 0 Å². The van der Waals surface area contributed by atoms with Crippen molar-refractivity contribution in [2.45, 2.75) is 58.1 Å². The van der Waals surface area contributed by atoms with Crippen LogP contribution in [0.25, 0.3) is 0 Å². The number of hydrogen-bond donors (Lipinski definition) is 2. The van der Waals surface area contributed by atoms with Gasteiger partial charge in [0.2, 0.25) is 0 Å². The van der Waals surface area contributed by atoms with Crippen LogP contribution < -0.4 is 5.32 Å². The molecule has 19 heavy (non-hydrogen) atoms. The van der Waals surface area contributed by atoms with Gasteiger partial charge < -0.3 is 20.1 Å². The van der Waals surface area contributed by atoms with E-state index < -0.39 is 5.60 Å². The minimum atomic E-state index is -0.435. The average Bonchev–Trinajstić information content (AvgIpc) is 2.29. The molecule has 0 aromatic carbocycles. The van der Waals surface area contributed by atoms with Crippen LogP contribution in [0, 0.1) is 0 Å². The number of unbranched alkanes of at least 4 members (excludes halogenated alkanes) is 1. The average molecular weight is 272 g/mol. The van der Waals surface area contributed by atoms with E-state index in [-0.39, 0.29) is 18.7 Å². The van der Waals surface area contributed by atoms with Gasteiger partial charge in [-0.15, -0.1) is 0 Å². The second-order valence-electron chi connectivity index (χ2n) is 6.19. The summed E-state index contributed by atoms with van der Waals surface area (Å²) in [4.78, 5) is 14.0. The van der Waals surface area contributed by atoms with Crippen molar-refractivity contribution in [2.75, 3.05) is 26.2 Å². The molecular weight excluding hydrogens is 244 g/mol. The number of hydrogen-bond acceptors (Lipinski definition) is 4. The van der Waals surface area contributed by atoms with Crippen molar-refractivity contribution in [1.29, 1.82) is 0 Å². The molecule has 0 aromatic heterocycles. The highest BCUT2D eigenvalue weighted by Gasteiger charge is 2.23. The minimum Gasteiger partial charge on any atom is -0.444 e. The Morgan fingerprint density at radius 3 is 2.47 bits per heavy atom. The molecule has 0 spiro atoms. The normalized spacial score (nSPS) is 18.3. The van der Waals surface area contributed by atoms with Gasteiger partial charge in [0.1, 0.15) is 5.60 Å². The molecule has 0 atom stereocenters. The monoisotopic (exact) mass is 272 g/mol. The first-order valence-corrected chi connectivity index (χ1v) is 7.23. The lowest BCUT2D eigenvalue weighted by Gasteiger charge is -2.32. The van der Waals surface area contributed by atoms with Gasteiger partial charge in [-0.1, -0.05) is 0 Å².